The van der Waals surface area contributed by atoms with Crippen molar-refractivity contribution in [3.63, 3.8) is 0 Å². The van der Waals surface area contributed by atoms with Crippen molar-refractivity contribution in [1.82, 2.24) is 19.6 Å². The summed E-state index contributed by atoms with van der Waals surface area (Å²) >= 11 is 1.34. The smallest absolute Gasteiger partial charge is 0.292 e. The zero-order valence-electron chi connectivity index (χ0n) is 15.3. The van der Waals surface area contributed by atoms with Crippen LogP contribution in [0.15, 0.2) is 72.0 Å². The number of thioether (sulfide) groups is 1. The molecule has 1 N–H and O–H groups in total. The van der Waals surface area contributed by atoms with E-state index < -0.39 is 11.7 Å². The van der Waals surface area contributed by atoms with E-state index >= 15 is 0 Å². The molecule has 3 heterocycles. The van der Waals surface area contributed by atoms with E-state index in [1.165, 1.54) is 34.6 Å². The van der Waals surface area contributed by atoms with Gasteiger partial charge in [0.25, 0.3) is 0 Å². The Labute approximate surface area is 173 Å². The molecule has 0 aliphatic carbocycles. The lowest BCUT2D eigenvalue weighted by molar-refractivity contribution is -0.137. The molecule has 6 nitrogen and oxygen atoms in total. The minimum atomic E-state index is -4.47. The van der Waals surface area contributed by atoms with Gasteiger partial charge in [0.05, 0.1) is 11.3 Å². The third-order valence-corrected chi connectivity index (χ3v) is 5.16. The average Bonchev–Trinajstić information content (AvgIpc) is 3.13. The lowest BCUT2D eigenvalue weighted by atomic mass is 10.0. The van der Waals surface area contributed by atoms with Crippen molar-refractivity contribution in [3.8, 4) is 11.1 Å². The first-order chi connectivity index (χ1) is 14.4. The number of pyridine rings is 2. The van der Waals surface area contributed by atoms with Crippen LogP contribution in [0.4, 0.5) is 19.1 Å². The number of amides is 1. The van der Waals surface area contributed by atoms with Crippen LogP contribution in [-0.4, -0.2) is 31.2 Å². The number of anilines is 1. The molecule has 0 aliphatic heterocycles. The fourth-order valence-electron chi connectivity index (χ4n) is 2.82. The van der Waals surface area contributed by atoms with E-state index in [0.29, 0.717) is 11.2 Å². The Morgan fingerprint density at radius 3 is 2.60 bits per heavy atom. The third kappa shape index (κ3) is 4.43. The predicted octanol–water partition coefficient (Wildman–Crippen LogP) is 4.54. The number of aromatic nitrogens is 4. The van der Waals surface area contributed by atoms with E-state index in [4.69, 9.17) is 0 Å². The van der Waals surface area contributed by atoms with Crippen LogP contribution in [0.1, 0.15) is 5.56 Å². The fraction of sp³-hybridized carbons (Fsp3) is 0.100. The maximum atomic E-state index is 13.3. The van der Waals surface area contributed by atoms with E-state index in [0.717, 1.165) is 11.0 Å². The van der Waals surface area contributed by atoms with Gasteiger partial charge in [0.2, 0.25) is 11.9 Å². The molecule has 0 unspecified atom stereocenters. The lowest BCUT2D eigenvalue weighted by Crippen LogP contribution is -2.15. The second kappa shape index (κ2) is 8.15. The quantitative estimate of drug-likeness (QED) is 0.472. The number of carbonyl (C=O) groups excluding carboxylic acids is 1. The van der Waals surface area contributed by atoms with Gasteiger partial charge in [-0.3, -0.25) is 15.1 Å². The highest BCUT2D eigenvalue weighted by Crippen LogP contribution is 2.36. The van der Waals surface area contributed by atoms with Crippen LogP contribution in [0.2, 0.25) is 0 Å². The van der Waals surface area contributed by atoms with Crippen molar-refractivity contribution >= 4 is 29.3 Å². The Kier molecular flexibility index (Phi) is 5.40. The van der Waals surface area contributed by atoms with Gasteiger partial charge in [-0.25, -0.2) is 4.52 Å². The Morgan fingerprint density at radius 2 is 1.83 bits per heavy atom. The molecule has 0 spiro atoms. The van der Waals surface area contributed by atoms with E-state index in [9.17, 15) is 18.0 Å². The average molecular weight is 429 g/mol. The van der Waals surface area contributed by atoms with Crippen molar-refractivity contribution in [3.05, 3.63) is 72.7 Å². The van der Waals surface area contributed by atoms with Gasteiger partial charge in [-0.15, -0.1) is 16.9 Å². The van der Waals surface area contributed by atoms with Crippen molar-refractivity contribution in [2.75, 3.05) is 11.1 Å². The third-order valence-electron chi connectivity index (χ3n) is 4.15. The summed E-state index contributed by atoms with van der Waals surface area (Å²) in [5, 5.41) is 6.76. The van der Waals surface area contributed by atoms with Crippen LogP contribution in [0.25, 0.3) is 16.8 Å². The molecule has 4 aromatic rings. The van der Waals surface area contributed by atoms with Gasteiger partial charge in [-0.2, -0.15) is 18.2 Å². The Bertz CT molecular complexity index is 1190. The molecule has 1 amide bonds. The number of nitrogens with zero attached hydrogens (tertiary/aromatic N) is 4. The minimum Gasteiger partial charge on any atom is -0.292 e. The Balaban J connectivity index is 1.53. The maximum Gasteiger partial charge on any atom is 0.417 e. The summed E-state index contributed by atoms with van der Waals surface area (Å²) in [5.74, 6) is -0.0593. The minimum absolute atomic E-state index is 0.0433. The number of carbonyl (C=O) groups is 1. The highest BCUT2D eigenvalue weighted by Gasteiger charge is 2.33. The SMILES string of the molecule is O=C(CSc1ccncc1)Nc1nc2ccc(-c3ccccc3C(F)(F)F)cn2n1. The summed E-state index contributed by atoms with van der Waals surface area (Å²) in [7, 11) is 0. The molecule has 0 fully saturated rings. The Hall–Kier alpha value is -3.40. The van der Waals surface area contributed by atoms with Crippen molar-refractivity contribution < 1.29 is 18.0 Å². The lowest BCUT2D eigenvalue weighted by Gasteiger charge is -2.12. The zero-order valence-corrected chi connectivity index (χ0v) is 16.1. The van der Waals surface area contributed by atoms with Gasteiger partial charge in [0.1, 0.15) is 0 Å². The van der Waals surface area contributed by atoms with Gasteiger partial charge in [0, 0.05) is 29.0 Å². The molecule has 0 atom stereocenters. The first kappa shape index (κ1) is 19.9. The van der Waals surface area contributed by atoms with Crippen LogP contribution in [0.3, 0.4) is 0 Å². The van der Waals surface area contributed by atoms with Gasteiger partial charge in [-0.05, 0) is 35.9 Å². The highest BCUT2D eigenvalue weighted by molar-refractivity contribution is 8.00. The number of rotatable bonds is 5. The topological polar surface area (TPSA) is 72.2 Å². The molecule has 10 heteroatoms. The second-order valence-electron chi connectivity index (χ2n) is 6.22. The van der Waals surface area contributed by atoms with E-state index in [-0.39, 0.29) is 23.2 Å². The fourth-order valence-corrected chi connectivity index (χ4v) is 3.51. The summed E-state index contributed by atoms with van der Waals surface area (Å²) in [6.07, 6.45) is 0.255. The summed E-state index contributed by atoms with van der Waals surface area (Å²) < 4.78 is 41.3. The molecule has 30 heavy (non-hydrogen) atoms. The summed E-state index contributed by atoms with van der Waals surface area (Å²) in [6, 6.07) is 12.0. The number of fused-ring (bicyclic) bond motifs is 1. The van der Waals surface area contributed by atoms with Gasteiger partial charge in [-0.1, -0.05) is 18.2 Å². The standard InChI is InChI=1S/C20H14F3N5OS/c21-20(22,23)16-4-2-1-3-15(16)13-5-6-17-25-19(27-28(17)11-13)26-18(29)12-30-14-7-9-24-10-8-14/h1-11H,12H2,(H,26,27,29). The largest absolute Gasteiger partial charge is 0.417 e. The second-order valence-corrected chi connectivity index (χ2v) is 7.27. The molecule has 0 radical (unpaired) electrons. The highest BCUT2D eigenvalue weighted by atomic mass is 32.2. The first-order valence-corrected chi connectivity index (χ1v) is 9.74. The zero-order chi connectivity index (χ0) is 21.1. The number of halogens is 3. The van der Waals surface area contributed by atoms with Crippen LogP contribution >= 0.6 is 11.8 Å². The molecule has 3 aromatic heterocycles. The number of benzene rings is 1. The molecule has 0 bridgehead atoms. The monoisotopic (exact) mass is 429 g/mol. The molecule has 4 rings (SSSR count). The number of hydrogen-bond acceptors (Lipinski definition) is 5. The molecule has 0 saturated heterocycles. The van der Waals surface area contributed by atoms with Gasteiger partial charge >= 0.3 is 6.18 Å². The van der Waals surface area contributed by atoms with Crippen molar-refractivity contribution in [1.29, 1.82) is 0 Å². The molecule has 0 aliphatic rings. The molecular formula is C20H14F3N5OS. The van der Waals surface area contributed by atoms with E-state index in [1.807, 2.05) is 0 Å². The normalized spacial score (nSPS) is 11.6. The van der Waals surface area contributed by atoms with Gasteiger partial charge in [0.15, 0.2) is 5.65 Å². The number of alkyl halides is 3. The van der Waals surface area contributed by atoms with Crippen LogP contribution < -0.4 is 5.32 Å². The number of hydrogen-bond donors (Lipinski definition) is 1. The molecule has 1 aromatic carbocycles. The Morgan fingerprint density at radius 1 is 1.07 bits per heavy atom. The van der Waals surface area contributed by atoms with Crippen LogP contribution in [-0.2, 0) is 11.0 Å². The number of nitrogens with one attached hydrogen (secondary N) is 1. The van der Waals surface area contributed by atoms with Crippen molar-refractivity contribution in [2.24, 2.45) is 0 Å². The summed E-state index contributed by atoms with van der Waals surface area (Å²) in [5.41, 5.74) is 0.0552. The molecular weight excluding hydrogens is 415 g/mol. The van der Waals surface area contributed by atoms with E-state index in [1.54, 1.807) is 42.7 Å². The van der Waals surface area contributed by atoms with Gasteiger partial charge < -0.3 is 0 Å². The van der Waals surface area contributed by atoms with Crippen LogP contribution in [0.5, 0.6) is 0 Å². The van der Waals surface area contributed by atoms with Crippen LogP contribution in [0, 0.1) is 0 Å². The van der Waals surface area contributed by atoms with Crippen molar-refractivity contribution in [2.45, 2.75) is 11.1 Å². The molecule has 152 valence electrons. The summed E-state index contributed by atoms with van der Waals surface area (Å²) in [6.45, 7) is 0. The predicted molar refractivity (Wildman–Crippen MR) is 107 cm³/mol. The summed E-state index contributed by atoms with van der Waals surface area (Å²) in [4.78, 5) is 21.1. The van der Waals surface area contributed by atoms with E-state index in [2.05, 4.69) is 20.4 Å². The maximum absolute atomic E-state index is 13.3. The first-order valence-electron chi connectivity index (χ1n) is 8.76. The molecule has 0 saturated carbocycles.